The van der Waals surface area contributed by atoms with Crippen molar-refractivity contribution >= 4 is 11.8 Å². The average Bonchev–Trinajstić information content (AvgIpc) is 2.44. The zero-order valence-corrected chi connectivity index (χ0v) is 15.9. The predicted molar refractivity (Wildman–Crippen MR) is 99.6 cm³/mol. The molecule has 0 amide bonds. The lowest BCUT2D eigenvalue weighted by Crippen LogP contribution is -2.26. The second-order valence-corrected chi connectivity index (χ2v) is 7.56. The first-order valence-corrected chi connectivity index (χ1v) is 9.27. The van der Waals surface area contributed by atoms with Crippen molar-refractivity contribution < 1.29 is 0 Å². The van der Waals surface area contributed by atoms with Crippen molar-refractivity contribution in [2.24, 2.45) is 5.73 Å². The minimum atomic E-state index is 0.590. The van der Waals surface area contributed by atoms with Crippen molar-refractivity contribution in [3.63, 3.8) is 0 Å². The van der Waals surface area contributed by atoms with Gasteiger partial charge in [-0.1, -0.05) is 39.2 Å². The van der Waals surface area contributed by atoms with Crippen molar-refractivity contribution in [2.45, 2.75) is 72.0 Å². The number of nitrogens with zero attached hydrogens (tertiary/aromatic N) is 1. The molecule has 0 rings (SSSR count). The van der Waals surface area contributed by atoms with E-state index < -0.39 is 0 Å². The lowest BCUT2D eigenvalue weighted by atomic mass is 10.1. The first-order chi connectivity index (χ1) is 9.96. The molecule has 2 N–H and O–H groups in total. The highest BCUT2D eigenvalue weighted by Gasteiger charge is 2.13. The van der Waals surface area contributed by atoms with E-state index in [4.69, 9.17) is 5.73 Å². The van der Waals surface area contributed by atoms with Crippen LogP contribution >= 0.6 is 11.8 Å². The van der Waals surface area contributed by atoms with Crippen LogP contribution in [0.15, 0.2) is 22.3 Å². The summed E-state index contributed by atoms with van der Waals surface area (Å²) >= 11 is 1.99. The van der Waals surface area contributed by atoms with Crippen molar-refractivity contribution in [3.05, 3.63) is 22.3 Å². The van der Waals surface area contributed by atoms with E-state index in [0.717, 1.165) is 6.54 Å². The Hall–Kier alpha value is -0.410. The van der Waals surface area contributed by atoms with Gasteiger partial charge in [0, 0.05) is 16.7 Å². The third-order valence-corrected chi connectivity index (χ3v) is 5.10. The molecule has 0 aliphatic heterocycles. The van der Waals surface area contributed by atoms with Crippen LogP contribution in [0.25, 0.3) is 0 Å². The number of rotatable bonds is 11. The van der Waals surface area contributed by atoms with E-state index in [9.17, 15) is 0 Å². The molecular formula is C18H36N2S. The molecule has 0 aromatic heterocycles. The van der Waals surface area contributed by atoms with Crippen molar-refractivity contribution in [2.75, 3.05) is 20.1 Å². The standard InChI is InChI=1S/C18H36N2S/c1-7-9-10-11-15(3)18(16(4)13-19)21-17(5)14-20(6)12-8-2/h13,17H,7-12,14,19H2,1-6H3/b16-13+,18-15+. The normalized spacial score (nSPS) is 15.3. The molecule has 0 aliphatic carbocycles. The van der Waals surface area contributed by atoms with Gasteiger partial charge in [-0.15, -0.1) is 11.8 Å². The number of thioether (sulfide) groups is 1. The van der Waals surface area contributed by atoms with Crippen LogP contribution in [-0.4, -0.2) is 30.3 Å². The number of hydrogen-bond acceptors (Lipinski definition) is 3. The molecule has 21 heavy (non-hydrogen) atoms. The van der Waals surface area contributed by atoms with E-state index in [0.29, 0.717) is 5.25 Å². The van der Waals surface area contributed by atoms with E-state index in [-0.39, 0.29) is 0 Å². The van der Waals surface area contributed by atoms with Crippen LogP contribution in [0.2, 0.25) is 0 Å². The molecule has 0 saturated carbocycles. The highest BCUT2D eigenvalue weighted by Crippen LogP contribution is 2.32. The third kappa shape index (κ3) is 9.26. The van der Waals surface area contributed by atoms with Crippen LogP contribution < -0.4 is 5.73 Å². The molecule has 0 saturated heterocycles. The summed E-state index contributed by atoms with van der Waals surface area (Å²) in [5.74, 6) is 0. The number of hydrogen-bond donors (Lipinski definition) is 1. The SMILES string of the molecule is CCCCC/C(C)=C(SC(C)CN(C)CCC)\C(C)=C\N. The molecule has 0 aromatic rings. The van der Waals surface area contributed by atoms with Crippen LogP contribution in [0, 0.1) is 0 Å². The van der Waals surface area contributed by atoms with Gasteiger partial charge in [-0.05, 0) is 58.5 Å². The van der Waals surface area contributed by atoms with Gasteiger partial charge in [0.2, 0.25) is 0 Å². The van der Waals surface area contributed by atoms with Crippen LogP contribution in [0.5, 0.6) is 0 Å². The molecule has 1 atom stereocenters. The quantitative estimate of drug-likeness (QED) is 0.422. The highest BCUT2D eigenvalue weighted by atomic mass is 32.2. The predicted octanol–water partition coefficient (Wildman–Crippen LogP) is 5.17. The van der Waals surface area contributed by atoms with Gasteiger partial charge in [0.1, 0.15) is 0 Å². The largest absolute Gasteiger partial charge is 0.404 e. The summed E-state index contributed by atoms with van der Waals surface area (Å²) in [6.07, 6.45) is 8.05. The Labute approximate surface area is 137 Å². The van der Waals surface area contributed by atoms with Gasteiger partial charge >= 0.3 is 0 Å². The summed E-state index contributed by atoms with van der Waals surface area (Å²) < 4.78 is 0. The lowest BCUT2D eigenvalue weighted by molar-refractivity contribution is 0.339. The maximum atomic E-state index is 5.77. The molecule has 2 nitrogen and oxygen atoms in total. The van der Waals surface area contributed by atoms with Gasteiger partial charge in [0.15, 0.2) is 0 Å². The maximum Gasteiger partial charge on any atom is 0.0193 e. The molecule has 0 spiro atoms. The Morgan fingerprint density at radius 2 is 1.86 bits per heavy atom. The van der Waals surface area contributed by atoms with E-state index in [1.165, 1.54) is 54.7 Å². The molecule has 124 valence electrons. The fraction of sp³-hybridized carbons (Fsp3) is 0.778. The zero-order chi connectivity index (χ0) is 16.3. The molecular weight excluding hydrogens is 276 g/mol. The van der Waals surface area contributed by atoms with E-state index >= 15 is 0 Å². The van der Waals surface area contributed by atoms with Gasteiger partial charge in [-0.25, -0.2) is 0 Å². The van der Waals surface area contributed by atoms with Gasteiger partial charge in [-0.3, -0.25) is 0 Å². The summed E-state index contributed by atoms with van der Waals surface area (Å²) in [6, 6.07) is 0. The second kappa shape index (κ2) is 12.2. The van der Waals surface area contributed by atoms with Gasteiger partial charge < -0.3 is 10.6 Å². The summed E-state index contributed by atoms with van der Waals surface area (Å²) in [7, 11) is 2.21. The number of allylic oxidation sites excluding steroid dienone is 2. The monoisotopic (exact) mass is 312 g/mol. The Morgan fingerprint density at radius 3 is 2.38 bits per heavy atom. The smallest absolute Gasteiger partial charge is 0.0193 e. The summed E-state index contributed by atoms with van der Waals surface area (Å²) in [6.45, 7) is 13.5. The average molecular weight is 313 g/mol. The van der Waals surface area contributed by atoms with Crippen LogP contribution in [0.4, 0.5) is 0 Å². The summed E-state index contributed by atoms with van der Waals surface area (Å²) in [5, 5.41) is 0.590. The Kier molecular flexibility index (Phi) is 11.9. The highest BCUT2D eigenvalue weighted by molar-refractivity contribution is 8.03. The third-order valence-electron chi connectivity index (χ3n) is 3.64. The minimum Gasteiger partial charge on any atom is -0.404 e. The van der Waals surface area contributed by atoms with Crippen molar-refractivity contribution in [1.29, 1.82) is 0 Å². The number of nitrogens with two attached hydrogens (primary N) is 1. The minimum absolute atomic E-state index is 0.590. The molecule has 1 unspecified atom stereocenters. The molecule has 0 heterocycles. The van der Waals surface area contributed by atoms with Gasteiger partial charge in [0.25, 0.3) is 0 Å². The van der Waals surface area contributed by atoms with Crippen LogP contribution in [0.3, 0.4) is 0 Å². The Balaban J connectivity index is 4.72. The Morgan fingerprint density at radius 1 is 1.19 bits per heavy atom. The van der Waals surface area contributed by atoms with Crippen molar-refractivity contribution in [3.8, 4) is 0 Å². The fourth-order valence-corrected chi connectivity index (χ4v) is 3.80. The Bertz CT molecular complexity index is 334. The molecule has 0 bridgehead atoms. The van der Waals surface area contributed by atoms with Gasteiger partial charge in [0.05, 0.1) is 0 Å². The lowest BCUT2D eigenvalue weighted by Gasteiger charge is -2.22. The van der Waals surface area contributed by atoms with Crippen LogP contribution in [0.1, 0.15) is 66.7 Å². The molecule has 3 heteroatoms. The van der Waals surface area contributed by atoms with Gasteiger partial charge in [-0.2, -0.15) is 0 Å². The molecule has 0 aliphatic rings. The number of unbranched alkanes of at least 4 members (excludes halogenated alkanes) is 2. The van der Waals surface area contributed by atoms with E-state index in [2.05, 4.69) is 46.6 Å². The van der Waals surface area contributed by atoms with Crippen molar-refractivity contribution in [1.82, 2.24) is 4.90 Å². The topological polar surface area (TPSA) is 29.3 Å². The molecule has 0 fully saturated rings. The summed E-state index contributed by atoms with van der Waals surface area (Å²) in [5.41, 5.74) is 8.49. The molecule has 0 radical (unpaired) electrons. The molecule has 0 aromatic carbocycles. The zero-order valence-electron chi connectivity index (χ0n) is 15.0. The van der Waals surface area contributed by atoms with E-state index in [1.54, 1.807) is 6.20 Å². The maximum absolute atomic E-state index is 5.77. The van der Waals surface area contributed by atoms with Crippen LogP contribution in [-0.2, 0) is 0 Å². The second-order valence-electron chi connectivity index (χ2n) is 6.11. The first kappa shape index (κ1) is 20.6. The summed E-state index contributed by atoms with van der Waals surface area (Å²) in [4.78, 5) is 3.83. The van der Waals surface area contributed by atoms with E-state index in [1.807, 2.05) is 11.8 Å². The fourth-order valence-electron chi connectivity index (χ4n) is 2.51. The first-order valence-electron chi connectivity index (χ1n) is 8.39.